The molecule has 0 aromatic heterocycles. The molecule has 0 radical (unpaired) electrons. The van der Waals surface area contributed by atoms with Crippen molar-refractivity contribution in [3.8, 4) is 0 Å². The number of aliphatic hydroxyl groups is 1. The normalized spacial score (nSPS) is 49.8. The second-order valence-corrected chi connectivity index (χ2v) is 9.39. The summed E-state index contributed by atoms with van der Waals surface area (Å²) in [5, 5.41) is 10.1. The van der Waals surface area contributed by atoms with Crippen molar-refractivity contribution in [1.82, 2.24) is 0 Å². The Bertz CT molecular complexity index is 591. The summed E-state index contributed by atoms with van der Waals surface area (Å²) in [7, 11) is 0. The fourth-order valence-corrected chi connectivity index (χ4v) is 7.11. The van der Waals surface area contributed by atoms with Gasteiger partial charge in [-0.3, -0.25) is 0 Å². The summed E-state index contributed by atoms with van der Waals surface area (Å²) in [6.45, 7) is 6.77. The van der Waals surface area contributed by atoms with Gasteiger partial charge >= 0.3 is 0 Å². The van der Waals surface area contributed by atoms with E-state index in [0.717, 1.165) is 55.9 Å². The Morgan fingerprint density at radius 2 is 1.88 bits per heavy atom. The van der Waals surface area contributed by atoms with Crippen LogP contribution in [0.4, 0.5) is 4.39 Å². The zero-order valence-electron chi connectivity index (χ0n) is 15.6. The highest BCUT2D eigenvalue weighted by Gasteiger charge is 2.57. The van der Waals surface area contributed by atoms with Crippen molar-refractivity contribution in [2.24, 2.45) is 28.6 Å². The van der Waals surface area contributed by atoms with Gasteiger partial charge in [-0.05, 0) is 91.9 Å². The van der Waals surface area contributed by atoms with Crippen LogP contribution in [-0.2, 0) is 0 Å². The molecular formula is C22H33FO. The van der Waals surface area contributed by atoms with Gasteiger partial charge in [-0.15, -0.1) is 0 Å². The Morgan fingerprint density at radius 1 is 1.17 bits per heavy atom. The smallest absolute Gasteiger partial charge is 0.0994 e. The van der Waals surface area contributed by atoms with Gasteiger partial charge in [0.2, 0.25) is 0 Å². The largest absolute Gasteiger partial charge is 0.393 e. The standard InChI is InChI=1S/C22H33FO/c1-4-20(23)19-8-7-17-16-6-5-14-13-15(24)9-11-21(14,2)18(16)10-12-22(17,19)3/h5,15-18,24H,4,6-13H2,1-3H3/b20-19-/t15-,16?,17?,18?,21-,22-/m0/s1. The topological polar surface area (TPSA) is 20.2 Å². The van der Waals surface area contributed by atoms with Gasteiger partial charge in [-0.25, -0.2) is 4.39 Å². The minimum atomic E-state index is -0.130. The molecule has 4 rings (SSSR count). The van der Waals surface area contributed by atoms with Crippen molar-refractivity contribution >= 4 is 0 Å². The zero-order valence-corrected chi connectivity index (χ0v) is 15.6. The van der Waals surface area contributed by atoms with Crippen LogP contribution in [0.25, 0.3) is 0 Å². The zero-order chi connectivity index (χ0) is 17.1. The van der Waals surface area contributed by atoms with Crippen LogP contribution in [0, 0.1) is 28.6 Å². The van der Waals surface area contributed by atoms with E-state index in [1.54, 1.807) is 0 Å². The maximum absolute atomic E-state index is 14.5. The molecule has 4 aliphatic carbocycles. The first kappa shape index (κ1) is 16.8. The minimum Gasteiger partial charge on any atom is -0.393 e. The lowest BCUT2D eigenvalue weighted by atomic mass is 9.48. The maximum Gasteiger partial charge on any atom is 0.0994 e. The summed E-state index contributed by atoms with van der Waals surface area (Å²) < 4.78 is 14.5. The monoisotopic (exact) mass is 332 g/mol. The fraction of sp³-hybridized carbons (Fsp3) is 0.818. The molecule has 0 heterocycles. The average molecular weight is 333 g/mol. The Labute approximate surface area is 146 Å². The summed E-state index contributed by atoms with van der Waals surface area (Å²) >= 11 is 0. The second-order valence-electron chi connectivity index (χ2n) is 9.39. The molecule has 1 N–H and O–H groups in total. The Hall–Kier alpha value is -0.630. The van der Waals surface area contributed by atoms with Crippen LogP contribution < -0.4 is 0 Å². The Balaban J connectivity index is 1.68. The maximum atomic E-state index is 14.5. The van der Waals surface area contributed by atoms with Crippen molar-refractivity contribution in [3.05, 3.63) is 23.0 Å². The van der Waals surface area contributed by atoms with Crippen LogP contribution in [0.3, 0.4) is 0 Å². The second kappa shape index (κ2) is 5.69. The Kier molecular flexibility index (Phi) is 3.99. The van der Waals surface area contributed by atoms with Gasteiger partial charge in [-0.1, -0.05) is 32.4 Å². The van der Waals surface area contributed by atoms with Crippen molar-refractivity contribution in [1.29, 1.82) is 0 Å². The van der Waals surface area contributed by atoms with E-state index in [1.807, 2.05) is 6.92 Å². The van der Waals surface area contributed by atoms with Crippen molar-refractivity contribution in [2.45, 2.75) is 84.7 Å². The molecule has 0 bridgehead atoms. The molecule has 6 atom stereocenters. The fourth-order valence-electron chi connectivity index (χ4n) is 7.11. The van der Waals surface area contributed by atoms with Crippen LogP contribution in [-0.4, -0.2) is 11.2 Å². The molecule has 24 heavy (non-hydrogen) atoms. The molecule has 3 unspecified atom stereocenters. The highest BCUT2D eigenvalue weighted by atomic mass is 19.1. The molecule has 0 amide bonds. The third-order valence-electron chi connectivity index (χ3n) is 8.50. The van der Waals surface area contributed by atoms with Gasteiger partial charge in [0.25, 0.3) is 0 Å². The third kappa shape index (κ3) is 2.21. The predicted octanol–water partition coefficient (Wildman–Crippen LogP) is 5.94. The molecule has 0 spiro atoms. The van der Waals surface area contributed by atoms with Gasteiger partial charge in [0.1, 0.15) is 0 Å². The first-order valence-electron chi connectivity index (χ1n) is 10.2. The number of hydrogen-bond acceptors (Lipinski definition) is 1. The van der Waals surface area contributed by atoms with Gasteiger partial charge in [0.15, 0.2) is 0 Å². The van der Waals surface area contributed by atoms with Crippen LogP contribution in [0.15, 0.2) is 23.0 Å². The highest BCUT2D eigenvalue weighted by molar-refractivity contribution is 5.30. The van der Waals surface area contributed by atoms with E-state index >= 15 is 0 Å². The van der Waals surface area contributed by atoms with E-state index < -0.39 is 0 Å². The molecular weight excluding hydrogens is 299 g/mol. The summed E-state index contributed by atoms with van der Waals surface area (Å²) in [6.07, 6.45) is 11.6. The van der Waals surface area contributed by atoms with Gasteiger partial charge in [-0.2, -0.15) is 0 Å². The lowest BCUT2D eigenvalue weighted by Crippen LogP contribution is -2.49. The molecule has 134 valence electrons. The molecule has 3 saturated carbocycles. The number of allylic oxidation sites excluding steroid dienone is 3. The first-order chi connectivity index (χ1) is 11.4. The molecule has 0 saturated heterocycles. The summed E-state index contributed by atoms with van der Waals surface area (Å²) in [5.74, 6) is 2.30. The summed E-state index contributed by atoms with van der Waals surface area (Å²) in [4.78, 5) is 0. The third-order valence-corrected chi connectivity index (χ3v) is 8.50. The molecule has 1 nitrogen and oxygen atoms in total. The SMILES string of the molecule is CC/C(F)=C1\CCC2C3CC=C4C[C@@H](O)CC[C@]4(C)C3CC[C@]12C. The highest BCUT2D eigenvalue weighted by Crippen LogP contribution is 2.66. The van der Waals surface area contributed by atoms with Crippen LogP contribution >= 0.6 is 0 Å². The van der Waals surface area contributed by atoms with E-state index in [-0.39, 0.29) is 17.3 Å². The van der Waals surface area contributed by atoms with Crippen LogP contribution in [0.5, 0.6) is 0 Å². The van der Waals surface area contributed by atoms with E-state index in [2.05, 4.69) is 19.9 Å². The van der Waals surface area contributed by atoms with Gasteiger partial charge in [0, 0.05) is 0 Å². The molecule has 4 aliphatic rings. The van der Waals surface area contributed by atoms with Crippen molar-refractivity contribution in [3.63, 3.8) is 0 Å². The average Bonchev–Trinajstić information content (AvgIpc) is 2.92. The number of rotatable bonds is 1. The molecule has 2 heteroatoms. The van der Waals surface area contributed by atoms with E-state index in [0.29, 0.717) is 17.8 Å². The van der Waals surface area contributed by atoms with E-state index in [4.69, 9.17) is 0 Å². The van der Waals surface area contributed by atoms with Crippen molar-refractivity contribution < 1.29 is 9.50 Å². The Morgan fingerprint density at radius 3 is 2.62 bits per heavy atom. The van der Waals surface area contributed by atoms with Crippen LogP contribution in [0.2, 0.25) is 0 Å². The summed E-state index contributed by atoms with van der Waals surface area (Å²) in [5.41, 5.74) is 3.09. The quantitative estimate of drug-likeness (QED) is 0.589. The van der Waals surface area contributed by atoms with Crippen LogP contribution in [0.1, 0.15) is 78.6 Å². The number of hydrogen-bond donors (Lipinski definition) is 1. The molecule has 0 aromatic rings. The number of aliphatic hydroxyl groups excluding tert-OH is 1. The number of halogens is 1. The lowest BCUT2D eigenvalue weighted by molar-refractivity contribution is -0.0273. The summed E-state index contributed by atoms with van der Waals surface area (Å²) in [6, 6.07) is 0. The molecule has 0 aliphatic heterocycles. The van der Waals surface area contributed by atoms with Gasteiger partial charge in [0.05, 0.1) is 11.9 Å². The minimum absolute atomic E-state index is 0.108. The molecule has 0 aromatic carbocycles. The van der Waals surface area contributed by atoms with Crippen molar-refractivity contribution in [2.75, 3.05) is 0 Å². The number of fused-ring (bicyclic) bond motifs is 5. The first-order valence-corrected chi connectivity index (χ1v) is 10.2. The van der Waals surface area contributed by atoms with Gasteiger partial charge < -0.3 is 5.11 Å². The molecule has 3 fully saturated rings. The van der Waals surface area contributed by atoms with E-state index in [1.165, 1.54) is 18.4 Å². The van der Waals surface area contributed by atoms with E-state index in [9.17, 15) is 9.50 Å². The lowest BCUT2D eigenvalue weighted by Gasteiger charge is -2.57. The predicted molar refractivity (Wildman–Crippen MR) is 96.1 cm³/mol.